The molecule has 0 saturated heterocycles. The van der Waals surface area contributed by atoms with Crippen molar-refractivity contribution in [3.8, 4) is 0 Å². The number of aryl methyl sites for hydroxylation is 2. The molecule has 1 aromatic heterocycles. The van der Waals surface area contributed by atoms with Crippen LogP contribution in [0.4, 0.5) is 5.69 Å². The third-order valence-corrected chi connectivity index (χ3v) is 4.05. The molecule has 5 nitrogen and oxygen atoms in total. The highest BCUT2D eigenvalue weighted by Crippen LogP contribution is 2.11. The highest BCUT2D eigenvalue weighted by molar-refractivity contribution is 6.04. The first-order chi connectivity index (χ1) is 13.0. The van der Waals surface area contributed by atoms with Crippen LogP contribution in [0.25, 0.3) is 0 Å². The van der Waals surface area contributed by atoms with E-state index in [1.165, 1.54) is 0 Å². The van der Waals surface area contributed by atoms with Crippen molar-refractivity contribution in [2.45, 2.75) is 20.4 Å². The Labute approximate surface area is 158 Å². The molecule has 0 radical (unpaired) electrons. The number of hydrogen-bond donors (Lipinski definition) is 2. The first kappa shape index (κ1) is 18.3. The smallest absolute Gasteiger partial charge is 0.255 e. The van der Waals surface area contributed by atoms with Gasteiger partial charge in [-0.05, 0) is 55.8 Å². The summed E-state index contributed by atoms with van der Waals surface area (Å²) < 4.78 is 0. The minimum absolute atomic E-state index is 0.132. The van der Waals surface area contributed by atoms with E-state index in [9.17, 15) is 9.59 Å². The van der Waals surface area contributed by atoms with Gasteiger partial charge in [0.15, 0.2) is 0 Å². The van der Waals surface area contributed by atoms with E-state index in [2.05, 4.69) is 15.6 Å². The van der Waals surface area contributed by atoms with Gasteiger partial charge in [0.1, 0.15) is 0 Å². The molecule has 1 heterocycles. The third kappa shape index (κ3) is 5.01. The molecule has 2 aromatic carbocycles. The summed E-state index contributed by atoms with van der Waals surface area (Å²) in [6.07, 6.45) is 3.24. The van der Waals surface area contributed by atoms with E-state index in [1.807, 2.05) is 38.1 Å². The van der Waals surface area contributed by atoms with Gasteiger partial charge in [0, 0.05) is 23.9 Å². The van der Waals surface area contributed by atoms with Crippen LogP contribution in [-0.2, 0) is 6.54 Å². The number of benzene rings is 2. The predicted molar refractivity (Wildman–Crippen MR) is 106 cm³/mol. The van der Waals surface area contributed by atoms with E-state index >= 15 is 0 Å². The van der Waals surface area contributed by atoms with Crippen molar-refractivity contribution in [2.75, 3.05) is 5.32 Å². The predicted octanol–water partition coefficient (Wildman–Crippen LogP) is 3.88. The fraction of sp³-hybridized carbons (Fsp3) is 0.136. The summed E-state index contributed by atoms with van der Waals surface area (Å²) in [6.45, 7) is 4.28. The number of anilines is 1. The molecule has 3 rings (SSSR count). The molecule has 0 aliphatic heterocycles. The van der Waals surface area contributed by atoms with Crippen LogP contribution in [0.3, 0.4) is 0 Å². The number of carbonyl (C=O) groups is 2. The van der Waals surface area contributed by atoms with Gasteiger partial charge in [-0.15, -0.1) is 0 Å². The molecule has 2 amide bonds. The van der Waals surface area contributed by atoms with Gasteiger partial charge in [-0.1, -0.05) is 29.3 Å². The van der Waals surface area contributed by atoms with Crippen LogP contribution >= 0.6 is 0 Å². The summed E-state index contributed by atoms with van der Waals surface area (Å²) in [6, 6.07) is 16.5. The molecule has 0 saturated carbocycles. The van der Waals surface area contributed by atoms with Crippen LogP contribution in [0.1, 0.15) is 37.4 Å². The number of pyridine rings is 1. The van der Waals surface area contributed by atoms with E-state index in [0.717, 1.165) is 16.7 Å². The van der Waals surface area contributed by atoms with Crippen molar-refractivity contribution in [1.29, 1.82) is 0 Å². The van der Waals surface area contributed by atoms with Gasteiger partial charge in [-0.3, -0.25) is 14.6 Å². The maximum Gasteiger partial charge on any atom is 0.255 e. The van der Waals surface area contributed by atoms with Crippen molar-refractivity contribution < 1.29 is 9.59 Å². The number of rotatable bonds is 5. The summed E-state index contributed by atoms with van der Waals surface area (Å²) in [5.74, 6) is -0.350. The Bertz CT molecular complexity index is 948. The largest absolute Gasteiger partial charge is 0.348 e. The fourth-order valence-corrected chi connectivity index (χ4v) is 2.85. The Morgan fingerprint density at radius 1 is 0.889 bits per heavy atom. The topological polar surface area (TPSA) is 71.1 Å². The lowest BCUT2D eigenvalue weighted by atomic mass is 10.1. The quantitative estimate of drug-likeness (QED) is 0.726. The summed E-state index contributed by atoms with van der Waals surface area (Å²) in [4.78, 5) is 28.7. The van der Waals surface area contributed by atoms with Crippen LogP contribution in [0.15, 0.2) is 67.0 Å². The Balaban J connectivity index is 1.65. The zero-order chi connectivity index (χ0) is 19.2. The van der Waals surface area contributed by atoms with Gasteiger partial charge in [-0.25, -0.2) is 0 Å². The number of carbonyl (C=O) groups excluding carboxylic acids is 2. The summed E-state index contributed by atoms with van der Waals surface area (Å²) in [5.41, 5.74) is 4.75. The summed E-state index contributed by atoms with van der Waals surface area (Å²) in [7, 11) is 0. The highest BCUT2D eigenvalue weighted by Gasteiger charge is 2.09. The maximum atomic E-state index is 12.4. The lowest BCUT2D eigenvalue weighted by Gasteiger charge is -2.09. The molecule has 136 valence electrons. The van der Waals surface area contributed by atoms with Crippen LogP contribution in [0.2, 0.25) is 0 Å². The molecule has 27 heavy (non-hydrogen) atoms. The van der Waals surface area contributed by atoms with Crippen molar-refractivity contribution in [3.05, 3.63) is 94.8 Å². The lowest BCUT2D eigenvalue weighted by Crippen LogP contribution is -2.23. The minimum atomic E-state index is -0.217. The zero-order valence-corrected chi connectivity index (χ0v) is 15.3. The highest BCUT2D eigenvalue weighted by atomic mass is 16.2. The van der Waals surface area contributed by atoms with E-state index in [-0.39, 0.29) is 11.8 Å². The van der Waals surface area contributed by atoms with Gasteiger partial charge in [0.05, 0.1) is 11.9 Å². The SMILES string of the molecule is Cc1cc(C)cc(C(=O)NCc2cccc(C(=O)Nc3cccnc3)c2)c1. The van der Waals surface area contributed by atoms with Gasteiger partial charge < -0.3 is 10.6 Å². The summed E-state index contributed by atoms with van der Waals surface area (Å²) >= 11 is 0. The maximum absolute atomic E-state index is 12.4. The molecule has 0 aliphatic carbocycles. The van der Waals surface area contributed by atoms with Crippen LogP contribution in [0.5, 0.6) is 0 Å². The van der Waals surface area contributed by atoms with E-state index in [1.54, 1.807) is 42.7 Å². The molecule has 0 bridgehead atoms. The normalized spacial score (nSPS) is 10.3. The molecule has 5 heteroatoms. The van der Waals surface area contributed by atoms with Crippen LogP contribution in [-0.4, -0.2) is 16.8 Å². The average molecular weight is 359 g/mol. The number of nitrogens with one attached hydrogen (secondary N) is 2. The summed E-state index contributed by atoms with van der Waals surface area (Å²) in [5, 5.41) is 5.70. The van der Waals surface area contributed by atoms with Crippen LogP contribution in [0, 0.1) is 13.8 Å². The molecule has 0 aliphatic rings. The van der Waals surface area contributed by atoms with Gasteiger partial charge in [0.2, 0.25) is 0 Å². The Morgan fingerprint density at radius 2 is 1.67 bits per heavy atom. The van der Waals surface area contributed by atoms with Crippen molar-refractivity contribution >= 4 is 17.5 Å². The average Bonchev–Trinajstić information content (AvgIpc) is 2.66. The number of amides is 2. The Kier molecular flexibility index (Phi) is 5.61. The van der Waals surface area contributed by atoms with E-state index in [0.29, 0.717) is 23.4 Å². The number of aromatic nitrogens is 1. The van der Waals surface area contributed by atoms with E-state index < -0.39 is 0 Å². The molecule has 0 spiro atoms. The minimum Gasteiger partial charge on any atom is -0.348 e. The Hall–Kier alpha value is -3.47. The molecule has 0 atom stereocenters. The van der Waals surface area contributed by atoms with Gasteiger partial charge in [-0.2, -0.15) is 0 Å². The zero-order valence-electron chi connectivity index (χ0n) is 15.3. The first-order valence-electron chi connectivity index (χ1n) is 8.68. The monoisotopic (exact) mass is 359 g/mol. The molecule has 3 aromatic rings. The number of hydrogen-bond acceptors (Lipinski definition) is 3. The Morgan fingerprint density at radius 3 is 2.37 bits per heavy atom. The van der Waals surface area contributed by atoms with Crippen molar-refractivity contribution in [3.63, 3.8) is 0 Å². The van der Waals surface area contributed by atoms with Crippen LogP contribution < -0.4 is 10.6 Å². The van der Waals surface area contributed by atoms with Crippen molar-refractivity contribution in [1.82, 2.24) is 10.3 Å². The molecule has 0 fully saturated rings. The second-order valence-electron chi connectivity index (χ2n) is 6.46. The fourth-order valence-electron chi connectivity index (χ4n) is 2.85. The van der Waals surface area contributed by atoms with Crippen molar-refractivity contribution in [2.24, 2.45) is 0 Å². The second-order valence-corrected chi connectivity index (χ2v) is 6.46. The third-order valence-electron chi connectivity index (χ3n) is 4.05. The van der Waals surface area contributed by atoms with E-state index in [4.69, 9.17) is 0 Å². The molecule has 0 unspecified atom stereocenters. The standard InChI is InChI=1S/C22H21N3O2/c1-15-9-16(2)11-19(10-15)21(26)24-13-17-5-3-6-18(12-17)22(27)25-20-7-4-8-23-14-20/h3-12,14H,13H2,1-2H3,(H,24,26)(H,25,27). The molecule has 2 N–H and O–H groups in total. The molecular formula is C22H21N3O2. The van der Waals surface area contributed by atoms with Gasteiger partial charge in [0.25, 0.3) is 11.8 Å². The lowest BCUT2D eigenvalue weighted by molar-refractivity contribution is 0.0950. The molecular weight excluding hydrogens is 338 g/mol. The number of nitrogens with zero attached hydrogens (tertiary/aromatic N) is 1. The second kappa shape index (κ2) is 8.27. The van der Waals surface area contributed by atoms with Gasteiger partial charge >= 0.3 is 0 Å². The first-order valence-corrected chi connectivity index (χ1v) is 8.68.